The van der Waals surface area contributed by atoms with Crippen LogP contribution in [0.4, 0.5) is 11.5 Å². The molecule has 3 N–H and O–H groups in total. The summed E-state index contributed by atoms with van der Waals surface area (Å²) in [6.45, 7) is 4.85. The average Bonchev–Trinajstić information content (AvgIpc) is 3.60. The van der Waals surface area contributed by atoms with Gasteiger partial charge in [-0.05, 0) is 51.3 Å². The third-order valence-corrected chi connectivity index (χ3v) is 8.45. The van der Waals surface area contributed by atoms with E-state index in [1.54, 1.807) is 21.5 Å². The predicted octanol–water partition coefficient (Wildman–Crippen LogP) is 1.95. The van der Waals surface area contributed by atoms with E-state index in [0.717, 1.165) is 49.8 Å². The first kappa shape index (κ1) is 25.7. The zero-order chi connectivity index (χ0) is 27.4. The molecule has 2 aliphatic rings. The fourth-order valence-electron chi connectivity index (χ4n) is 5.90. The number of aromatic nitrogens is 5. The summed E-state index contributed by atoms with van der Waals surface area (Å²) in [6.07, 6.45) is 11.2. The van der Waals surface area contributed by atoms with Crippen molar-refractivity contribution in [1.29, 1.82) is 0 Å². The van der Waals surface area contributed by atoms with E-state index in [2.05, 4.69) is 35.3 Å². The fraction of sp³-hybridized carbons (Fsp3) is 0.462. The second-order valence-electron chi connectivity index (χ2n) is 10.7. The summed E-state index contributed by atoms with van der Waals surface area (Å²) in [5.41, 5.74) is 4.11. The highest BCUT2D eigenvalue weighted by atomic mass is 32.2. The van der Waals surface area contributed by atoms with Crippen molar-refractivity contribution in [1.82, 2.24) is 34.2 Å². The number of carbonyl (C=O) groups is 1. The van der Waals surface area contributed by atoms with Crippen molar-refractivity contribution in [2.24, 2.45) is 7.05 Å². The standard InChI is InChI=1S/C26H33N9O3S/c1-17-14-35-16-22(30-24(35)20(29-17)13-28-39(3,37)38)31-25(36)18-5-6-21(19-15-33(2)32-23(18)19)34-11-8-26(9-12-34)7-4-10-27-26/h5-6,14-16,27-28H,4,7-13H2,1-3H3,(H,31,36). The Morgan fingerprint density at radius 1 is 1.13 bits per heavy atom. The lowest BCUT2D eigenvalue weighted by molar-refractivity contribution is 0.102. The van der Waals surface area contributed by atoms with Crippen molar-refractivity contribution in [3.05, 3.63) is 47.7 Å². The maximum Gasteiger partial charge on any atom is 0.259 e. The molecule has 39 heavy (non-hydrogen) atoms. The maximum atomic E-state index is 13.4. The highest BCUT2D eigenvalue weighted by Gasteiger charge is 2.37. The minimum Gasteiger partial charge on any atom is -0.371 e. The van der Waals surface area contributed by atoms with Gasteiger partial charge in [-0.15, -0.1) is 0 Å². The average molecular weight is 552 g/mol. The van der Waals surface area contributed by atoms with Gasteiger partial charge in [-0.2, -0.15) is 5.10 Å². The van der Waals surface area contributed by atoms with Gasteiger partial charge in [0.05, 0.1) is 35.9 Å². The first-order valence-corrected chi connectivity index (χ1v) is 15.1. The number of aryl methyl sites for hydroxylation is 2. The molecule has 5 heterocycles. The Hall–Kier alpha value is -3.55. The van der Waals surface area contributed by atoms with Gasteiger partial charge in [0.2, 0.25) is 10.0 Å². The Balaban J connectivity index is 1.26. The predicted molar refractivity (Wildman–Crippen MR) is 149 cm³/mol. The molecular formula is C26H33N9O3S. The highest BCUT2D eigenvalue weighted by molar-refractivity contribution is 7.88. The maximum absolute atomic E-state index is 13.4. The van der Waals surface area contributed by atoms with E-state index in [9.17, 15) is 13.2 Å². The number of benzene rings is 1. The van der Waals surface area contributed by atoms with E-state index in [4.69, 9.17) is 0 Å². The molecule has 12 nitrogen and oxygen atoms in total. The molecule has 0 radical (unpaired) electrons. The summed E-state index contributed by atoms with van der Waals surface area (Å²) < 4.78 is 29.1. The van der Waals surface area contributed by atoms with Gasteiger partial charge < -0.3 is 19.9 Å². The van der Waals surface area contributed by atoms with Crippen LogP contribution in [0.1, 0.15) is 47.4 Å². The zero-order valence-corrected chi connectivity index (χ0v) is 23.2. The molecule has 206 valence electrons. The Morgan fingerprint density at radius 3 is 2.64 bits per heavy atom. The van der Waals surface area contributed by atoms with Gasteiger partial charge in [0, 0.05) is 49.1 Å². The number of hydrogen-bond acceptors (Lipinski definition) is 8. The summed E-state index contributed by atoms with van der Waals surface area (Å²) in [5, 5.41) is 12.2. The van der Waals surface area contributed by atoms with Crippen molar-refractivity contribution in [3.63, 3.8) is 0 Å². The van der Waals surface area contributed by atoms with E-state index in [1.165, 1.54) is 12.8 Å². The summed E-state index contributed by atoms with van der Waals surface area (Å²) in [4.78, 5) is 24.8. The smallest absolute Gasteiger partial charge is 0.259 e. The fourth-order valence-corrected chi connectivity index (χ4v) is 6.30. The number of carbonyl (C=O) groups excluding carboxylic acids is 1. The van der Waals surface area contributed by atoms with Crippen molar-refractivity contribution in [2.45, 2.75) is 44.7 Å². The van der Waals surface area contributed by atoms with Crippen LogP contribution in [0.25, 0.3) is 16.6 Å². The summed E-state index contributed by atoms with van der Waals surface area (Å²) in [5.74, 6) is 0.0217. The molecule has 4 aromatic rings. The Morgan fingerprint density at radius 2 is 1.92 bits per heavy atom. The minimum absolute atomic E-state index is 0.00187. The molecule has 3 aromatic heterocycles. The molecule has 13 heteroatoms. The zero-order valence-electron chi connectivity index (χ0n) is 22.4. The molecule has 0 bridgehead atoms. The monoisotopic (exact) mass is 551 g/mol. The minimum atomic E-state index is -3.40. The Labute approximate surface area is 226 Å². The lowest BCUT2D eigenvalue weighted by atomic mass is 9.86. The molecule has 1 spiro atoms. The van der Waals surface area contributed by atoms with Crippen molar-refractivity contribution in [3.8, 4) is 0 Å². The van der Waals surface area contributed by atoms with Gasteiger partial charge in [-0.3, -0.25) is 14.5 Å². The number of sulfonamides is 1. The molecule has 2 fully saturated rings. The molecule has 0 unspecified atom stereocenters. The molecule has 1 amide bonds. The summed E-state index contributed by atoms with van der Waals surface area (Å²) >= 11 is 0. The molecule has 6 rings (SSSR count). The van der Waals surface area contributed by atoms with Crippen LogP contribution in [0.15, 0.2) is 30.7 Å². The van der Waals surface area contributed by atoms with Crippen LogP contribution in [-0.2, 0) is 23.6 Å². The van der Waals surface area contributed by atoms with Crippen LogP contribution in [-0.4, -0.2) is 69.9 Å². The van der Waals surface area contributed by atoms with Crippen LogP contribution in [0.5, 0.6) is 0 Å². The molecule has 0 atom stereocenters. The molecular weight excluding hydrogens is 518 g/mol. The number of piperidine rings is 1. The summed E-state index contributed by atoms with van der Waals surface area (Å²) in [7, 11) is -1.54. The number of amides is 1. The third-order valence-electron chi connectivity index (χ3n) is 7.78. The van der Waals surface area contributed by atoms with Crippen molar-refractivity contribution in [2.75, 3.05) is 36.1 Å². The Kier molecular flexibility index (Phi) is 6.31. The SMILES string of the molecule is Cc1cn2cc(NC(=O)c3ccc(N4CCC5(CCCN5)CC4)c4cn(C)nc34)nc2c(CNS(C)(=O)=O)n1. The third kappa shape index (κ3) is 5.09. The first-order chi connectivity index (χ1) is 18.6. The second-order valence-corrected chi connectivity index (χ2v) is 12.6. The van der Waals surface area contributed by atoms with Crippen LogP contribution in [0, 0.1) is 6.92 Å². The summed E-state index contributed by atoms with van der Waals surface area (Å²) in [6, 6.07) is 3.85. The van der Waals surface area contributed by atoms with E-state index >= 15 is 0 Å². The van der Waals surface area contributed by atoms with E-state index in [0.29, 0.717) is 33.9 Å². The van der Waals surface area contributed by atoms with Gasteiger partial charge in [0.1, 0.15) is 5.52 Å². The molecule has 2 aliphatic heterocycles. The number of hydrogen-bond donors (Lipinski definition) is 3. The van der Waals surface area contributed by atoms with Crippen LogP contribution < -0.4 is 20.3 Å². The lowest BCUT2D eigenvalue weighted by Crippen LogP contribution is -2.50. The van der Waals surface area contributed by atoms with Crippen LogP contribution in [0.2, 0.25) is 0 Å². The molecule has 2 saturated heterocycles. The van der Waals surface area contributed by atoms with E-state index < -0.39 is 10.0 Å². The molecule has 0 saturated carbocycles. The molecule has 0 aliphatic carbocycles. The topological polar surface area (TPSA) is 139 Å². The van der Waals surface area contributed by atoms with Gasteiger partial charge in [-0.25, -0.2) is 18.1 Å². The van der Waals surface area contributed by atoms with Gasteiger partial charge in [0.25, 0.3) is 5.91 Å². The van der Waals surface area contributed by atoms with Crippen LogP contribution >= 0.6 is 0 Å². The van der Waals surface area contributed by atoms with Crippen molar-refractivity contribution < 1.29 is 13.2 Å². The largest absolute Gasteiger partial charge is 0.371 e. The van der Waals surface area contributed by atoms with E-state index in [1.807, 2.05) is 32.3 Å². The normalized spacial score (nSPS) is 17.5. The van der Waals surface area contributed by atoms with Gasteiger partial charge in [-0.1, -0.05) is 0 Å². The number of imidazole rings is 1. The van der Waals surface area contributed by atoms with Gasteiger partial charge in [0.15, 0.2) is 11.5 Å². The number of nitrogens with one attached hydrogen (secondary N) is 3. The number of fused-ring (bicyclic) bond motifs is 2. The van der Waals surface area contributed by atoms with Gasteiger partial charge >= 0.3 is 0 Å². The Bertz CT molecular complexity index is 1680. The second kappa shape index (κ2) is 9.57. The quantitative estimate of drug-likeness (QED) is 0.331. The lowest BCUT2D eigenvalue weighted by Gasteiger charge is -2.40. The molecule has 1 aromatic carbocycles. The highest BCUT2D eigenvalue weighted by Crippen LogP contribution is 2.36. The number of rotatable bonds is 6. The number of anilines is 2. The number of nitrogens with zero attached hydrogens (tertiary/aromatic N) is 6. The van der Waals surface area contributed by atoms with Crippen molar-refractivity contribution >= 4 is 44.0 Å². The first-order valence-electron chi connectivity index (χ1n) is 13.2. The van der Waals surface area contributed by atoms with Crippen LogP contribution in [0.3, 0.4) is 0 Å². The van der Waals surface area contributed by atoms with E-state index in [-0.39, 0.29) is 18.0 Å².